The van der Waals surface area contributed by atoms with Gasteiger partial charge in [0.05, 0.1) is 18.1 Å². The number of rotatable bonds is 10. The summed E-state index contributed by atoms with van der Waals surface area (Å²) in [5.41, 5.74) is 2.65. The Morgan fingerprint density at radius 2 is 0.980 bits per heavy atom. The van der Waals surface area contributed by atoms with Gasteiger partial charge in [0, 0.05) is 36.3 Å². The second-order valence-corrected chi connectivity index (χ2v) is 11.3. The lowest BCUT2D eigenvalue weighted by Gasteiger charge is -2.13. The number of aromatic nitrogens is 2. The van der Waals surface area contributed by atoms with E-state index in [4.69, 9.17) is 5.11 Å². The Hall–Kier alpha value is -6.82. The van der Waals surface area contributed by atoms with Crippen LogP contribution in [0.3, 0.4) is 0 Å². The molecule has 51 heavy (non-hydrogen) atoms. The summed E-state index contributed by atoms with van der Waals surface area (Å²) in [6.45, 7) is 0.170. The summed E-state index contributed by atoms with van der Waals surface area (Å²) in [6.07, 6.45) is 3.01. The molecule has 3 N–H and O–H groups in total. The van der Waals surface area contributed by atoms with Crippen LogP contribution >= 0.6 is 0 Å². The number of nitrogens with one attached hydrogen (secondary N) is 2. The highest BCUT2D eigenvalue weighted by Gasteiger charge is 2.18. The van der Waals surface area contributed by atoms with Gasteiger partial charge in [-0.2, -0.15) is 0 Å². The lowest BCUT2D eigenvalue weighted by atomic mass is 10.1. The molecule has 12 heteroatoms. The van der Waals surface area contributed by atoms with Gasteiger partial charge in [-0.25, -0.2) is 0 Å². The maximum atomic E-state index is 12.7. The Balaban J connectivity index is 0.000000198. The first-order valence-electron chi connectivity index (χ1n) is 15.8. The Labute approximate surface area is 291 Å². The van der Waals surface area contributed by atoms with Crippen molar-refractivity contribution in [2.45, 2.75) is 13.1 Å². The van der Waals surface area contributed by atoms with Crippen molar-refractivity contribution in [3.63, 3.8) is 0 Å². The van der Waals surface area contributed by atoms with E-state index in [1.807, 2.05) is 94.1 Å². The molecule has 0 fully saturated rings. The Morgan fingerprint density at radius 3 is 1.39 bits per heavy atom. The van der Waals surface area contributed by atoms with E-state index in [9.17, 15) is 28.8 Å². The molecule has 0 aliphatic carbocycles. The fourth-order valence-electron chi connectivity index (χ4n) is 5.41. The van der Waals surface area contributed by atoms with Crippen molar-refractivity contribution in [2.75, 3.05) is 20.2 Å². The molecule has 0 aliphatic heterocycles. The van der Waals surface area contributed by atoms with Gasteiger partial charge in [0.15, 0.2) is 0 Å². The van der Waals surface area contributed by atoms with Crippen molar-refractivity contribution in [2.24, 2.45) is 0 Å². The van der Waals surface area contributed by atoms with Crippen LogP contribution in [0.2, 0.25) is 0 Å². The van der Waals surface area contributed by atoms with Crippen LogP contribution in [0.4, 0.5) is 0 Å². The smallest absolute Gasteiger partial charge is 0.325 e. The predicted octanol–water partition coefficient (Wildman–Crippen LogP) is 3.82. The van der Waals surface area contributed by atoms with Crippen LogP contribution in [0, 0.1) is 0 Å². The molecule has 2 amide bonds. The number of fused-ring (bicyclic) bond motifs is 2. The summed E-state index contributed by atoms with van der Waals surface area (Å²) in [7, 11) is 1.23. The molecule has 6 rings (SSSR count). The molecule has 0 spiro atoms. The first-order chi connectivity index (χ1) is 24.7. The monoisotopic (exact) mass is 686 g/mol. The van der Waals surface area contributed by atoms with Crippen LogP contribution in [0.15, 0.2) is 131 Å². The summed E-state index contributed by atoms with van der Waals surface area (Å²) in [5, 5.41) is 14.2. The molecule has 2 heterocycles. The van der Waals surface area contributed by atoms with Gasteiger partial charge in [-0.15, -0.1) is 0 Å². The van der Waals surface area contributed by atoms with Gasteiger partial charge in [0.2, 0.25) is 10.9 Å². The molecular weight excluding hydrogens is 652 g/mol. The number of carboxylic acids is 1. The summed E-state index contributed by atoms with van der Waals surface area (Å²) >= 11 is 0. The second-order valence-electron chi connectivity index (χ2n) is 11.3. The summed E-state index contributed by atoms with van der Waals surface area (Å²) < 4.78 is 8.18. The van der Waals surface area contributed by atoms with E-state index in [2.05, 4.69) is 15.4 Å². The molecule has 0 bridgehead atoms. The van der Waals surface area contributed by atoms with Crippen molar-refractivity contribution in [1.82, 2.24) is 19.8 Å². The first-order valence-corrected chi connectivity index (χ1v) is 15.8. The van der Waals surface area contributed by atoms with Crippen LogP contribution in [0.5, 0.6) is 0 Å². The molecule has 0 atom stereocenters. The van der Waals surface area contributed by atoms with Gasteiger partial charge in [0.25, 0.3) is 11.8 Å². The molecule has 0 saturated carbocycles. The summed E-state index contributed by atoms with van der Waals surface area (Å²) in [4.78, 5) is 71.8. The van der Waals surface area contributed by atoms with E-state index in [-0.39, 0.29) is 23.1 Å². The van der Waals surface area contributed by atoms with Crippen LogP contribution in [0.25, 0.3) is 21.8 Å². The highest BCUT2D eigenvalue weighted by atomic mass is 16.5. The number of ether oxygens (including phenoxy) is 1. The number of hydrogen-bond donors (Lipinski definition) is 3. The SMILES string of the molecule is COC(=O)CNC(=O)c1cn(Cc2ccccc2)c2ccccc2c1=O.O=C(O)CNC(=O)c1cn(Cc2ccccc2)c2ccccc2c1=O. The fraction of sp³-hybridized carbons (Fsp3) is 0.128. The van der Waals surface area contributed by atoms with E-state index in [0.717, 1.165) is 16.6 Å². The predicted molar refractivity (Wildman–Crippen MR) is 192 cm³/mol. The third-order valence-electron chi connectivity index (χ3n) is 7.88. The lowest BCUT2D eigenvalue weighted by molar-refractivity contribution is -0.139. The van der Waals surface area contributed by atoms with Gasteiger partial charge >= 0.3 is 11.9 Å². The fourth-order valence-corrected chi connectivity index (χ4v) is 5.41. The Morgan fingerprint density at radius 1 is 0.588 bits per heavy atom. The number of esters is 1. The minimum Gasteiger partial charge on any atom is -0.480 e. The first kappa shape index (κ1) is 35.5. The van der Waals surface area contributed by atoms with E-state index >= 15 is 0 Å². The molecular formula is C39H34N4O8. The highest BCUT2D eigenvalue weighted by Crippen LogP contribution is 2.16. The topological polar surface area (TPSA) is 166 Å². The number of methoxy groups -OCH3 is 1. The van der Waals surface area contributed by atoms with Crippen molar-refractivity contribution >= 4 is 45.6 Å². The molecule has 0 radical (unpaired) electrons. The minimum atomic E-state index is -1.17. The molecule has 2 aromatic heterocycles. The normalized spacial score (nSPS) is 10.5. The van der Waals surface area contributed by atoms with Crippen LogP contribution in [-0.2, 0) is 27.4 Å². The van der Waals surface area contributed by atoms with Crippen LogP contribution in [0.1, 0.15) is 31.8 Å². The van der Waals surface area contributed by atoms with E-state index < -0.39 is 35.7 Å². The quantitative estimate of drug-likeness (QED) is 0.183. The van der Waals surface area contributed by atoms with Crippen molar-refractivity contribution < 1.29 is 29.0 Å². The largest absolute Gasteiger partial charge is 0.480 e. The van der Waals surface area contributed by atoms with Crippen molar-refractivity contribution in [1.29, 1.82) is 0 Å². The maximum absolute atomic E-state index is 12.7. The number of amides is 2. The summed E-state index contributed by atoms with van der Waals surface area (Å²) in [5.74, 6) is -3.05. The number of para-hydroxylation sites is 2. The highest BCUT2D eigenvalue weighted by molar-refractivity contribution is 5.99. The van der Waals surface area contributed by atoms with Crippen molar-refractivity contribution in [3.8, 4) is 0 Å². The molecule has 12 nitrogen and oxygen atoms in total. The zero-order valence-electron chi connectivity index (χ0n) is 27.6. The van der Waals surface area contributed by atoms with E-state index in [1.54, 1.807) is 24.3 Å². The Kier molecular flexibility index (Phi) is 11.5. The maximum Gasteiger partial charge on any atom is 0.325 e. The van der Waals surface area contributed by atoms with E-state index in [1.165, 1.54) is 19.5 Å². The average molecular weight is 687 g/mol. The molecule has 4 aromatic carbocycles. The third kappa shape index (κ3) is 8.81. The van der Waals surface area contributed by atoms with Crippen LogP contribution in [-0.4, -0.2) is 58.2 Å². The minimum absolute atomic E-state index is 0.0106. The number of hydrogen-bond acceptors (Lipinski definition) is 7. The molecule has 0 aliphatic rings. The van der Waals surface area contributed by atoms with Crippen molar-refractivity contribution in [3.05, 3.63) is 164 Å². The zero-order valence-corrected chi connectivity index (χ0v) is 27.6. The van der Waals surface area contributed by atoms with Gasteiger partial charge in [-0.1, -0.05) is 84.9 Å². The molecule has 258 valence electrons. The van der Waals surface area contributed by atoms with Gasteiger partial charge in [-0.05, 0) is 35.4 Å². The molecule has 0 saturated heterocycles. The lowest BCUT2D eigenvalue weighted by Crippen LogP contribution is -2.34. The van der Waals surface area contributed by atoms with Gasteiger partial charge < -0.3 is 29.6 Å². The van der Waals surface area contributed by atoms with Gasteiger partial charge in [-0.3, -0.25) is 28.8 Å². The number of benzene rings is 4. The average Bonchev–Trinajstić information content (AvgIpc) is 3.16. The Bertz CT molecular complexity index is 2330. The standard InChI is InChI=1S/C20H18N2O4.C19H16N2O4/c1-26-18(23)11-21-20(25)16-13-22(12-14-7-3-2-4-8-14)17-10-6-5-9-15(17)19(16)24;22-17(23)10-20-19(25)15-12-21(11-13-6-2-1-3-7-13)16-9-5-4-8-14(16)18(15)24/h2-10,13H,11-12H2,1H3,(H,21,25);1-9,12H,10-11H2,(H,20,25)(H,22,23). The molecule has 0 unspecified atom stereocenters. The zero-order chi connectivity index (χ0) is 36.3. The number of carbonyl (C=O) groups is 4. The molecule has 6 aromatic rings. The third-order valence-corrected chi connectivity index (χ3v) is 7.88. The van der Waals surface area contributed by atoms with Gasteiger partial charge in [0.1, 0.15) is 24.2 Å². The summed E-state index contributed by atoms with van der Waals surface area (Å²) in [6, 6.07) is 33.6. The number of carboxylic acid groups (broad SMARTS) is 1. The number of nitrogens with zero attached hydrogens (tertiary/aromatic N) is 2. The van der Waals surface area contributed by atoms with Crippen LogP contribution < -0.4 is 21.5 Å². The number of carbonyl (C=O) groups excluding carboxylic acids is 3. The number of pyridine rings is 2. The second kappa shape index (κ2) is 16.5. The van der Waals surface area contributed by atoms with E-state index in [0.29, 0.717) is 29.4 Å². The number of aliphatic carboxylic acids is 1.